The van der Waals surface area contributed by atoms with Crippen LogP contribution in [0.1, 0.15) is 0 Å². The summed E-state index contributed by atoms with van der Waals surface area (Å²) in [5, 5.41) is 15.4. The molecule has 0 aromatic rings. The van der Waals surface area contributed by atoms with Crippen molar-refractivity contribution in [1.82, 2.24) is 15.5 Å². The molecule has 2 aliphatic rings. The second-order valence-electron chi connectivity index (χ2n) is 4.36. The topological polar surface area (TPSA) is 81.7 Å². The van der Waals surface area contributed by atoms with Crippen molar-refractivity contribution in [2.45, 2.75) is 6.10 Å². The molecule has 2 atom stereocenters. The summed E-state index contributed by atoms with van der Waals surface area (Å²) >= 11 is 1.52. The van der Waals surface area contributed by atoms with Gasteiger partial charge in [0.2, 0.25) is 11.8 Å². The molecule has 2 fully saturated rings. The first-order valence-corrected chi connectivity index (χ1v) is 6.83. The summed E-state index contributed by atoms with van der Waals surface area (Å²) < 4.78 is 0. The molecule has 6 nitrogen and oxygen atoms in total. The molecular formula is C10H18ClN3O3S. The predicted molar refractivity (Wildman–Crippen MR) is 71.7 cm³/mol. The van der Waals surface area contributed by atoms with Gasteiger partial charge in [-0.1, -0.05) is 0 Å². The largest absolute Gasteiger partial charge is 0.391 e. The minimum atomic E-state index is -0.390. The van der Waals surface area contributed by atoms with E-state index >= 15 is 0 Å². The van der Waals surface area contributed by atoms with Gasteiger partial charge in [-0.25, -0.2) is 0 Å². The number of halogens is 1. The number of rotatable bonds is 4. The minimum absolute atomic E-state index is 0. The molecule has 8 heteroatoms. The van der Waals surface area contributed by atoms with Gasteiger partial charge in [-0.15, -0.1) is 24.2 Å². The fourth-order valence-corrected chi connectivity index (χ4v) is 2.85. The first-order valence-electron chi connectivity index (χ1n) is 5.68. The average Bonchev–Trinajstić information content (AvgIpc) is 2.86. The minimum Gasteiger partial charge on any atom is -0.391 e. The fraction of sp³-hybridized carbons (Fsp3) is 0.800. The summed E-state index contributed by atoms with van der Waals surface area (Å²) in [5.74, 6) is 1.01. The van der Waals surface area contributed by atoms with Crippen molar-refractivity contribution in [3.8, 4) is 0 Å². The number of aliphatic hydroxyl groups is 1. The van der Waals surface area contributed by atoms with Crippen LogP contribution in [-0.4, -0.2) is 65.7 Å². The molecule has 2 unspecified atom stereocenters. The first kappa shape index (κ1) is 15.6. The monoisotopic (exact) mass is 295 g/mol. The van der Waals surface area contributed by atoms with Gasteiger partial charge in [0.1, 0.15) is 6.54 Å². The van der Waals surface area contributed by atoms with Crippen LogP contribution in [0.15, 0.2) is 0 Å². The van der Waals surface area contributed by atoms with E-state index in [4.69, 9.17) is 0 Å². The summed E-state index contributed by atoms with van der Waals surface area (Å²) in [4.78, 5) is 24.4. The Morgan fingerprint density at radius 3 is 2.89 bits per heavy atom. The maximum absolute atomic E-state index is 11.6. The number of nitrogens with zero attached hydrogens (tertiary/aromatic N) is 1. The molecule has 3 N–H and O–H groups in total. The Morgan fingerprint density at radius 2 is 2.33 bits per heavy atom. The zero-order valence-electron chi connectivity index (χ0n) is 9.92. The Kier molecular flexibility index (Phi) is 6.20. The van der Waals surface area contributed by atoms with Gasteiger partial charge in [-0.05, 0) is 0 Å². The molecule has 2 aliphatic heterocycles. The van der Waals surface area contributed by atoms with Gasteiger partial charge in [0.25, 0.3) is 0 Å². The average molecular weight is 296 g/mol. The SMILES string of the molecule is Cl.O=C(CN1CSCC1=O)NCC1CNCC1O. The lowest BCUT2D eigenvalue weighted by molar-refractivity contribution is -0.132. The molecule has 0 bridgehead atoms. The van der Waals surface area contributed by atoms with E-state index in [2.05, 4.69) is 10.6 Å². The Hall–Kier alpha value is -0.500. The van der Waals surface area contributed by atoms with Crippen LogP contribution < -0.4 is 10.6 Å². The molecule has 18 heavy (non-hydrogen) atoms. The van der Waals surface area contributed by atoms with Crippen LogP contribution in [0.4, 0.5) is 0 Å². The van der Waals surface area contributed by atoms with Crippen LogP contribution >= 0.6 is 24.2 Å². The summed E-state index contributed by atoms with van der Waals surface area (Å²) in [7, 11) is 0. The molecule has 2 amide bonds. The molecule has 0 aromatic carbocycles. The standard InChI is InChI=1S/C10H17N3O3S.ClH/c14-8-3-11-1-7(8)2-12-9(15)4-13-6-17-5-10(13)16;/h7-8,11,14H,1-6H2,(H,12,15);1H. The number of thioether (sulfide) groups is 1. The number of aliphatic hydroxyl groups excluding tert-OH is 1. The first-order chi connectivity index (χ1) is 8.16. The van der Waals surface area contributed by atoms with E-state index in [1.807, 2.05) is 0 Å². The van der Waals surface area contributed by atoms with Gasteiger partial charge < -0.3 is 20.6 Å². The second-order valence-corrected chi connectivity index (χ2v) is 5.31. The van der Waals surface area contributed by atoms with Crippen molar-refractivity contribution in [2.75, 3.05) is 37.8 Å². The molecule has 2 saturated heterocycles. The zero-order chi connectivity index (χ0) is 12.3. The van der Waals surface area contributed by atoms with Gasteiger partial charge >= 0.3 is 0 Å². The lowest BCUT2D eigenvalue weighted by Crippen LogP contribution is -2.41. The van der Waals surface area contributed by atoms with Gasteiger partial charge in [-0.3, -0.25) is 9.59 Å². The van der Waals surface area contributed by atoms with Crippen molar-refractivity contribution in [3.05, 3.63) is 0 Å². The summed E-state index contributed by atoms with van der Waals surface area (Å²) in [6.07, 6.45) is -0.390. The third-order valence-electron chi connectivity index (χ3n) is 3.03. The van der Waals surface area contributed by atoms with Crippen LogP contribution in [0, 0.1) is 5.92 Å². The molecular weight excluding hydrogens is 278 g/mol. The second kappa shape index (κ2) is 7.18. The van der Waals surface area contributed by atoms with E-state index in [1.54, 1.807) is 4.90 Å². The lowest BCUT2D eigenvalue weighted by Gasteiger charge is -2.17. The van der Waals surface area contributed by atoms with Gasteiger partial charge in [0.05, 0.1) is 17.7 Å². The van der Waals surface area contributed by atoms with Crippen molar-refractivity contribution >= 4 is 36.0 Å². The van der Waals surface area contributed by atoms with Crippen LogP contribution in [0.2, 0.25) is 0 Å². The number of hydrogen-bond acceptors (Lipinski definition) is 5. The smallest absolute Gasteiger partial charge is 0.239 e. The molecule has 0 spiro atoms. The molecule has 2 heterocycles. The zero-order valence-corrected chi connectivity index (χ0v) is 11.6. The van der Waals surface area contributed by atoms with Crippen LogP contribution in [0.25, 0.3) is 0 Å². The van der Waals surface area contributed by atoms with Gasteiger partial charge in [0.15, 0.2) is 0 Å². The Morgan fingerprint density at radius 1 is 1.56 bits per heavy atom. The van der Waals surface area contributed by atoms with Crippen molar-refractivity contribution in [2.24, 2.45) is 5.92 Å². The maximum atomic E-state index is 11.6. The highest BCUT2D eigenvalue weighted by Gasteiger charge is 2.26. The third kappa shape index (κ3) is 4.01. The predicted octanol–water partition coefficient (Wildman–Crippen LogP) is -1.36. The van der Waals surface area contributed by atoms with Crippen molar-refractivity contribution in [3.63, 3.8) is 0 Å². The number of carbonyl (C=O) groups excluding carboxylic acids is 2. The van der Waals surface area contributed by atoms with Crippen molar-refractivity contribution < 1.29 is 14.7 Å². The quantitative estimate of drug-likeness (QED) is 0.597. The Labute approximate surface area is 116 Å². The Balaban J connectivity index is 0.00000162. The van der Waals surface area contributed by atoms with E-state index in [1.165, 1.54) is 11.8 Å². The molecule has 0 radical (unpaired) electrons. The van der Waals surface area contributed by atoms with E-state index in [0.29, 0.717) is 24.7 Å². The molecule has 0 saturated carbocycles. The third-order valence-corrected chi connectivity index (χ3v) is 3.97. The fourth-order valence-electron chi connectivity index (χ4n) is 1.94. The highest BCUT2D eigenvalue weighted by Crippen LogP contribution is 2.14. The number of carbonyl (C=O) groups is 2. The summed E-state index contributed by atoms with van der Waals surface area (Å²) in [5.41, 5.74) is 0. The maximum Gasteiger partial charge on any atom is 0.239 e. The van der Waals surface area contributed by atoms with E-state index < -0.39 is 0 Å². The normalized spacial score (nSPS) is 27.2. The summed E-state index contributed by atoms with van der Waals surface area (Å²) in [6.45, 7) is 1.89. The Bertz CT molecular complexity index is 319. The number of hydrogen-bond donors (Lipinski definition) is 3. The molecule has 0 aliphatic carbocycles. The molecule has 104 valence electrons. The number of nitrogens with one attached hydrogen (secondary N) is 2. The lowest BCUT2D eigenvalue weighted by atomic mass is 10.1. The van der Waals surface area contributed by atoms with Gasteiger partial charge in [0, 0.05) is 25.6 Å². The highest BCUT2D eigenvalue weighted by atomic mass is 35.5. The van der Waals surface area contributed by atoms with E-state index in [9.17, 15) is 14.7 Å². The summed E-state index contributed by atoms with van der Waals surface area (Å²) in [6, 6.07) is 0. The van der Waals surface area contributed by atoms with E-state index in [-0.39, 0.29) is 42.8 Å². The van der Waals surface area contributed by atoms with Crippen LogP contribution in [0.3, 0.4) is 0 Å². The molecule has 2 rings (SSSR count). The van der Waals surface area contributed by atoms with Gasteiger partial charge in [-0.2, -0.15) is 0 Å². The molecule has 0 aromatic heterocycles. The highest BCUT2D eigenvalue weighted by molar-refractivity contribution is 8.00. The number of amides is 2. The number of β-amino-alcohol motifs (C(OH)–C–C–N with tert-alkyl or cyclic N) is 1. The van der Waals surface area contributed by atoms with E-state index in [0.717, 1.165) is 6.54 Å². The van der Waals surface area contributed by atoms with Crippen LogP contribution in [-0.2, 0) is 9.59 Å². The van der Waals surface area contributed by atoms with Crippen molar-refractivity contribution in [1.29, 1.82) is 0 Å². The van der Waals surface area contributed by atoms with Crippen LogP contribution in [0.5, 0.6) is 0 Å².